The average molecular weight is 306 g/mol. The normalized spacial score (nSPS) is 22.3. The second kappa shape index (κ2) is 6.24. The second-order valence-electron chi connectivity index (χ2n) is 4.97. The Labute approximate surface area is 119 Å². The summed E-state index contributed by atoms with van der Waals surface area (Å²) < 4.78 is 26.7. The van der Waals surface area contributed by atoms with Crippen LogP contribution >= 0.6 is 11.6 Å². The number of nitrogens with one attached hydrogen (secondary N) is 1. The van der Waals surface area contributed by atoms with Crippen LogP contribution in [0.15, 0.2) is 11.2 Å². The maximum atomic E-state index is 12.6. The molecule has 2 rings (SSSR count). The molecule has 0 aliphatic carbocycles. The predicted octanol–water partition coefficient (Wildman–Crippen LogP) is 2.35. The van der Waals surface area contributed by atoms with Gasteiger partial charge in [0.2, 0.25) is 0 Å². The van der Waals surface area contributed by atoms with Gasteiger partial charge in [-0.05, 0) is 25.2 Å². The van der Waals surface area contributed by atoms with Gasteiger partial charge in [-0.3, -0.25) is 5.10 Å². The van der Waals surface area contributed by atoms with Gasteiger partial charge in [-0.25, -0.2) is 8.42 Å². The van der Waals surface area contributed by atoms with Gasteiger partial charge in [0.15, 0.2) is 5.03 Å². The first-order valence-corrected chi connectivity index (χ1v) is 8.65. The van der Waals surface area contributed by atoms with Crippen LogP contribution in [0.2, 0.25) is 0 Å². The molecule has 108 valence electrons. The minimum atomic E-state index is -3.49. The Balaban J connectivity index is 2.20. The number of halogens is 1. The molecule has 0 amide bonds. The van der Waals surface area contributed by atoms with E-state index in [-0.39, 0.29) is 10.9 Å². The van der Waals surface area contributed by atoms with Crippen molar-refractivity contribution in [2.45, 2.75) is 43.5 Å². The van der Waals surface area contributed by atoms with Crippen molar-refractivity contribution in [3.05, 3.63) is 11.8 Å². The Kier molecular flexibility index (Phi) is 4.86. The molecule has 7 heteroatoms. The monoisotopic (exact) mass is 305 g/mol. The van der Waals surface area contributed by atoms with Crippen LogP contribution in [0.5, 0.6) is 0 Å². The highest BCUT2D eigenvalue weighted by molar-refractivity contribution is 7.89. The lowest BCUT2D eigenvalue weighted by Crippen LogP contribution is -2.32. The van der Waals surface area contributed by atoms with E-state index < -0.39 is 10.0 Å². The van der Waals surface area contributed by atoms with Crippen LogP contribution in [-0.4, -0.2) is 36.0 Å². The highest BCUT2D eigenvalue weighted by Crippen LogP contribution is 2.25. The molecule has 19 heavy (non-hydrogen) atoms. The molecule has 1 atom stereocenters. The Morgan fingerprint density at radius 2 is 2.26 bits per heavy atom. The van der Waals surface area contributed by atoms with E-state index in [9.17, 15) is 8.42 Å². The van der Waals surface area contributed by atoms with Crippen LogP contribution in [0.4, 0.5) is 0 Å². The molecular formula is C12H20ClN3O2S. The molecule has 1 aromatic rings. The fourth-order valence-electron chi connectivity index (χ4n) is 2.53. The summed E-state index contributed by atoms with van der Waals surface area (Å²) in [6.45, 7) is 3.33. The lowest BCUT2D eigenvalue weighted by atomic mass is 9.98. The number of alkyl halides is 1. The van der Waals surface area contributed by atoms with E-state index in [1.807, 2.05) is 0 Å². The van der Waals surface area contributed by atoms with Crippen molar-refractivity contribution in [1.82, 2.24) is 14.5 Å². The third kappa shape index (κ3) is 3.12. The van der Waals surface area contributed by atoms with Crippen LogP contribution in [0.1, 0.15) is 38.2 Å². The van der Waals surface area contributed by atoms with Crippen LogP contribution in [0, 0.1) is 5.92 Å². The molecule has 0 aromatic carbocycles. The van der Waals surface area contributed by atoms with Crippen molar-refractivity contribution in [2.75, 3.05) is 13.1 Å². The summed E-state index contributed by atoms with van der Waals surface area (Å²) in [4.78, 5) is 0. The minimum Gasteiger partial charge on any atom is -0.266 e. The number of nitrogens with zero attached hydrogens (tertiary/aromatic N) is 2. The van der Waals surface area contributed by atoms with Crippen molar-refractivity contribution >= 4 is 21.6 Å². The van der Waals surface area contributed by atoms with Crippen molar-refractivity contribution in [2.24, 2.45) is 5.92 Å². The van der Waals surface area contributed by atoms with Gasteiger partial charge in [-0.1, -0.05) is 13.3 Å². The second-order valence-corrected chi connectivity index (χ2v) is 7.11. The Bertz CT molecular complexity index is 515. The number of hydrogen-bond acceptors (Lipinski definition) is 3. The molecule has 1 N–H and O–H groups in total. The van der Waals surface area contributed by atoms with Gasteiger partial charge in [0.05, 0.1) is 12.1 Å². The van der Waals surface area contributed by atoms with Gasteiger partial charge in [-0.2, -0.15) is 9.40 Å². The van der Waals surface area contributed by atoms with Crippen molar-refractivity contribution in [3.8, 4) is 0 Å². The largest absolute Gasteiger partial charge is 0.266 e. The number of H-pyrrole nitrogens is 1. The molecular weight excluding hydrogens is 286 g/mol. The van der Waals surface area contributed by atoms with Crippen LogP contribution in [-0.2, 0) is 15.9 Å². The number of sulfonamides is 1. The quantitative estimate of drug-likeness (QED) is 0.868. The van der Waals surface area contributed by atoms with Gasteiger partial charge < -0.3 is 0 Å². The molecule has 1 unspecified atom stereocenters. The fourth-order valence-corrected chi connectivity index (χ4v) is 4.41. The SMILES string of the molecule is CCC1CCCN(S(=O)(=O)c2[nH]ncc2CCl)CC1. The van der Waals surface area contributed by atoms with Crippen molar-refractivity contribution in [3.63, 3.8) is 0 Å². The summed E-state index contributed by atoms with van der Waals surface area (Å²) >= 11 is 5.75. The highest BCUT2D eigenvalue weighted by atomic mass is 35.5. The Morgan fingerprint density at radius 1 is 1.47 bits per heavy atom. The zero-order chi connectivity index (χ0) is 13.9. The molecule has 1 fully saturated rings. The predicted molar refractivity (Wildman–Crippen MR) is 74.5 cm³/mol. The summed E-state index contributed by atoms with van der Waals surface area (Å²) in [7, 11) is -3.49. The first kappa shape index (κ1) is 14.8. The molecule has 1 saturated heterocycles. The summed E-state index contributed by atoms with van der Waals surface area (Å²) in [6, 6.07) is 0. The first-order valence-electron chi connectivity index (χ1n) is 6.68. The minimum absolute atomic E-state index is 0.149. The summed E-state index contributed by atoms with van der Waals surface area (Å²) in [6.07, 6.45) is 5.55. The topological polar surface area (TPSA) is 66.1 Å². The third-order valence-electron chi connectivity index (χ3n) is 3.80. The molecule has 2 heterocycles. The standard InChI is InChI=1S/C12H20ClN3O2S/c1-2-10-4-3-6-16(7-5-10)19(17,18)12-11(8-13)9-14-15-12/h9-10H,2-8H2,1H3,(H,14,15). The highest BCUT2D eigenvalue weighted by Gasteiger charge is 2.30. The molecule has 1 aromatic heterocycles. The summed E-state index contributed by atoms with van der Waals surface area (Å²) in [5.41, 5.74) is 0.540. The number of aromatic nitrogens is 2. The molecule has 5 nitrogen and oxygen atoms in total. The zero-order valence-corrected chi connectivity index (χ0v) is 12.7. The van der Waals surface area contributed by atoms with E-state index in [4.69, 9.17) is 11.6 Å². The van der Waals surface area contributed by atoms with E-state index in [1.165, 1.54) is 6.20 Å². The lowest BCUT2D eigenvalue weighted by Gasteiger charge is -2.19. The Morgan fingerprint density at radius 3 is 2.95 bits per heavy atom. The maximum absolute atomic E-state index is 12.6. The molecule has 1 aliphatic heterocycles. The smallest absolute Gasteiger partial charge is 0.260 e. The van der Waals surface area contributed by atoms with Crippen LogP contribution < -0.4 is 0 Å². The van der Waals surface area contributed by atoms with Gasteiger partial charge in [-0.15, -0.1) is 11.6 Å². The molecule has 0 radical (unpaired) electrons. The lowest BCUT2D eigenvalue weighted by molar-refractivity contribution is 0.405. The first-order chi connectivity index (χ1) is 9.09. The molecule has 0 saturated carbocycles. The summed E-state index contributed by atoms with van der Waals surface area (Å²) in [5, 5.41) is 6.52. The fraction of sp³-hybridized carbons (Fsp3) is 0.750. The van der Waals surface area contributed by atoms with E-state index in [2.05, 4.69) is 17.1 Å². The summed E-state index contributed by atoms with van der Waals surface area (Å²) in [5.74, 6) is 0.783. The number of aromatic amines is 1. The third-order valence-corrected chi connectivity index (χ3v) is 6.01. The number of hydrogen-bond donors (Lipinski definition) is 1. The van der Waals surface area contributed by atoms with Crippen LogP contribution in [0.25, 0.3) is 0 Å². The van der Waals surface area contributed by atoms with Gasteiger partial charge in [0.25, 0.3) is 10.0 Å². The maximum Gasteiger partial charge on any atom is 0.260 e. The zero-order valence-electron chi connectivity index (χ0n) is 11.1. The average Bonchev–Trinajstić information content (AvgIpc) is 2.76. The van der Waals surface area contributed by atoms with E-state index in [0.717, 1.165) is 25.7 Å². The van der Waals surface area contributed by atoms with Gasteiger partial charge >= 0.3 is 0 Å². The Hall–Kier alpha value is -0.590. The van der Waals surface area contributed by atoms with E-state index in [0.29, 0.717) is 24.6 Å². The van der Waals surface area contributed by atoms with Gasteiger partial charge in [0, 0.05) is 18.7 Å². The van der Waals surface area contributed by atoms with E-state index >= 15 is 0 Å². The van der Waals surface area contributed by atoms with E-state index in [1.54, 1.807) is 4.31 Å². The number of rotatable bonds is 4. The van der Waals surface area contributed by atoms with Crippen molar-refractivity contribution < 1.29 is 8.42 Å². The van der Waals surface area contributed by atoms with Crippen molar-refractivity contribution in [1.29, 1.82) is 0 Å². The molecule has 0 spiro atoms. The van der Waals surface area contributed by atoms with Gasteiger partial charge in [0.1, 0.15) is 0 Å². The van der Waals surface area contributed by atoms with Crippen LogP contribution in [0.3, 0.4) is 0 Å². The molecule has 0 bridgehead atoms. The molecule has 1 aliphatic rings.